The first-order valence-electron chi connectivity index (χ1n) is 17.0. The van der Waals surface area contributed by atoms with Gasteiger partial charge in [0.25, 0.3) is 0 Å². The zero-order valence-electron chi connectivity index (χ0n) is 29.2. The third kappa shape index (κ3) is 9.40. The normalized spacial score (nSPS) is 35.7. The van der Waals surface area contributed by atoms with E-state index in [1.54, 1.807) is 0 Å². The van der Waals surface area contributed by atoms with Crippen LogP contribution in [-0.4, -0.2) is 170 Å². The van der Waals surface area contributed by atoms with Crippen molar-refractivity contribution in [1.29, 1.82) is 0 Å². The fourth-order valence-electron chi connectivity index (χ4n) is 6.18. The van der Waals surface area contributed by atoms with Crippen molar-refractivity contribution in [3.63, 3.8) is 0 Å². The summed E-state index contributed by atoms with van der Waals surface area (Å²) in [5, 5.41) is 103. The molecule has 3 aliphatic rings. The van der Waals surface area contributed by atoms with Gasteiger partial charge in [-0.05, 0) is 54.8 Å². The minimum absolute atomic E-state index is 0.135. The van der Waals surface area contributed by atoms with Crippen LogP contribution in [-0.2, 0) is 49.1 Å². The van der Waals surface area contributed by atoms with Crippen LogP contribution in [0.5, 0.6) is 23.0 Å². The molecule has 0 bridgehead atoms. The molecule has 10 N–H and O–H groups in total. The van der Waals surface area contributed by atoms with E-state index in [9.17, 15) is 55.9 Å². The summed E-state index contributed by atoms with van der Waals surface area (Å²) in [6, 6.07) is 7.91. The van der Waals surface area contributed by atoms with E-state index in [0.717, 1.165) is 6.08 Å². The van der Waals surface area contributed by atoms with Gasteiger partial charge in [0.2, 0.25) is 0 Å². The number of aliphatic hydroxyl groups is 6. The summed E-state index contributed by atoms with van der Waals surface area (Å²) in [7, 11) is 1.26. The fourth-order valence-corrected chi connectivity index (χ4v) is 6.18. The Kier molecular flexibility index (Phi) is 13.7. The zero-order valence-corrected chi connectivity index (χ0v) is 29.2. The van der Waals surface area contributed by atoms with Crippen molar-refractivity contribution in [3.8, 4) is 23.0 Å². The zero-order chi connectivity index (χ0) is 39.3. The molecule has 19 nitrogen and oxygen atoms in total. The topological polar surface area (TPSA) is 293 Å². The number of benzene rings is 2. The molecule has 0 radical (unpaired) electrons. The number of aromatic hydroxyl groups is 4. The maximum absolute atomic E-state index is 13.3. The molecule has 3 saturated heterocycles. The van der Waals surface area contributed by atoms with Crippen LogP contribution in [0.15, 0.2) is 42.5 Å². The lowest BCUT2D eigenvalue weighted by atomic mass is 9.96. The summed E-state index contributed by atoms with van der Waals surface area (Å²) >= 11 is 0. The maximum Gasteiger partial charge on any atom is 0.331 e. The van der Waals surface area contributed by atoms with Gasteiger partial charge in [-0.25, -0.2) is 4.79 Å². The SMILES string of the molecule is COC1C(OCC2OC(OCCc3ccc(O)c(O)c3)C(O)C(OC3OC(C)C(O)C(O)C3O)C2OC(=O)C=Cc2ccc(O)c(O)c2)OCC1(O)CO. The molecule has 0 spiro atoms. The number of ether oxygens (including phenoxy) is 8. The molecular formula is C35H46O19. The van der Waals surface area contributed by atoms with Crippen LogP contribution < -0.4 is 0 Å². The number of esters is 1. The molecular weight excluding hydrogens is 724 g/mol. The maximum atomic E-state index is 13.3. The van der Waals surface area contributed by atoms with Crippen molar-refractivity contribution >= 4 is 12.0 Å². The molecule has 0 saturated carbocycles. The van der Waals surface area contributed by atoms with Gasteiger partial charge < -0.3 is 89.0 Å². The number of phenols is 4. The summed E-state index contributed by atoms with van der Waals surface area (Å²) in [5.74, 6) is -2.55. The standard InChI is InChI=1S/C35H46O19/c1-16-25(42)26(43)27(44)33(51-16)54-30-28(45)32(48-10-9-18-4-7-20(38)22(40)12-18)52-23(13-49-34-31(47-2)35(46,14-36)15-50-34)29(30)53-24(41)8-5-17-3-6-19(37)21(39)11-17/h3-8,11-12,16,23,25-34,36-40,42-46H,9-10,13-15H2,1-2H3. The molecule has 3 heterocycles. The van der Waals surface area contributed by atoms with E-state index in [-0.39, 0.29) is 36.9 Å². The van der Waals surface area contributed by atoms with Crippen molar-refractivity contribution in [2.75, 3.05) is 33.5 Å². The van der Waals surface area contributed by atoms with Crippen molar-refractivity contribution in [2.24, 2.45) is 0 Å². The van der Waals surface area contributed by atoms with Gasteiger partial charge in [0.15, 0.2) is 48.0 Å². The van der Waals surface area contributed by atoms with Crippen molar-refractivity contribution in [3.05, 3.63) is 53.6 Å². The number of rotatable bonds is 14. The van der Waals surface area contributed by atoms with E-state index in [1.165, 1.54) is 56.5 Å². The lowest BCUT2D eigenvalue weighted by Crippen LogP contribution is -2.65. The summed E-state index contributed by atoms with van der Waals surface area (Å²) in [6.45, 7) is -0.324. The molecule has 0 aliphatic carbocycles. The van der Waals surface area contributed by atoms with Crippen LogP contribution in [0.4, 0.5) is 0 Å². The van der Waals surface area contributed by atoms with Gasteiger partial charge >= 0.3 is 5.97 Å². The number of aliphatic hydroxyl groups excluding tert-OH is 5. The van der Waals surface area contributed by atoms with E-state index >= 15 is 0 Å². The number of phenolic OH excluding ortho intramolecular Hbond substituents is 4. The Labute approximate surface area is 308 Å². The Morgan fingerprint density at radius 3 is 2.22 bits per heavy atom. The molecule has 2 aromatic rings. The Bertz CT molecular complexity index is 1590. The predicted molar refractivity (Wildman–Crippen MR) is 179 cm³/mol. The fraction of sp³-hybridized carbons (Fsp3) is 0.571. The van der Waals surface area contributed by atoms with Gasteiger partial charge in [-0.2, -0.15) is 0 Å². The number of hydrogen-bond acceptors (Lipinski definition) is 19. The van der Waals surface area contributed by atoms with Gasteiger partial charge in [-0.1, -0.05) is 12.1 Å². The highest BCUT2D eigenvalue weighted by atomic mass is 16.8. The van der Waals surface area contributed by atoms with E-state index in [1.807, 2.05) is 0 Å². The summed E-state index contributed by atoms with van der Waals surface area (Å²) in [6.07, 6.45) is -15.9. The molecule has 0 aromatic heterocycles. The Morgan fingerprint density at radius 2 is 1.56 bits per heavy atom. The van der Waals surface area contributed by atoms with Gasteiger partial charge in [-0.15, -0.1) is 0 Å². The molecule has 19 heteroatoms. The largest absolute Gasteiger partial charge is 0.504 e. The van der Waals surface area contributed by atoms with E-state index < -0.39 is 104 Å². The molecule has 13 unspecified atom stereocenters. The van der Waals surface area contributed by atoms with Crippen molar-refractivity contribution in [1.82, 2.24) is 0 Å². The van der Waals surface area contributed by atoms with Crippen LogP contribution in [0.1, 0.15) is 18.1 Å². The van der Waals surface area contributed by atoms with Crippen molar-refractivity contribution < 1.29 is 93.8 Å². The van der Waals surface area contributed by atoms with Crippen molar-refractivity contribution in [2.45, 2.75) is 92.8 Å². The third-order valence-corrected chi connectivity index (χ3v) is 9.32. The summed E-state index contributed by atoms with van der Waals surface area (Å²) in [5.41, 5.74) is -0.978. The first-order chi connectivity index (χ1) is 25.6. The van der Waals surface area contributed by atoms with Gasteiger partial charge in [0.1, 0.15) is 48.3 Å². The van der Waals surface area contributed by atoms with E-state index in [0.29, 0.717) is 11.1 Å². The lowest BCUT2D eigenvalue weighted by molar-refractivity contribution is -0.360. The number of carbonyl (C=O) groups is 1. The molecule has 2 aromatic carbocycles. The van der Waals surface area contributed by atoms with Crippen LogP contribution in [0.25, 0.3) is 6.08 Å². The molecule has 13 atom stereocenters. The molecule has 3 aliphatic heterocycles. The molecule has 300 valence electrons. The van der Waals surface area contributed by atoms with Crippen LogP contribution in [0.3, 0.4) is 0 Å². The molecule has 5 rings (SSSR count). The average Bonchev–Trinajstić information content (AvgIpc) is 3.48. The highest BCUT2D eigenvalue weighted by Crippen LogP contribution is 2.34. The second-order valence-electron chi connectivity index (χ2n) is 13.2. The smallest absolute Gasteiger partial charge is 0.331 e. The van der Waals surface area contributed by atoms with Crippen LogP contribution in [0, 0.1) is 0 Å². The third-order valence-electron chi connectivity index (χ3n) is 9.32. The number of methoxy groups -OCH3 is 1. The molecule has 3 fully saturated rings. The second-order valence-corrected chi connectivity index (χ2v) is 13.2. The van der Waals surface area contributed by atoms with Gasteiger partial charge in [0, 0.05) is 13.2 Å². The minimum Gasteiger partial charge on any atom is -0.504 e. The number of carbonyl (C=O) groups excluding carboxylic acids is 1. The highest BCUT2D eigenvalue weighted by Gasteiger charge is 2.54. The molecule has 0 amide bonds. The summed E-state index contributed by atoms with van der Waals surface area (Å²) < 4.78 is 46.1. The van der Waals surface area contributed by atoms with Gasteiger partial charge in [-0.3, -0.25) is 0 Å². The Morgan fingerprint density at radius 1 is 0.852 bits per heavy atom. The Balaban J connectivity index is 1.43. The van der Waals surface area contributed by atoms with E-state index in [4.69, 9.17) is 37.9 Å². The van der Waals surface area contributed by atoms with Crippen LogP contribution in [0.2, 0.25) is 0 Å². The quantitative estimate of drug-likeness (QED) is 0.0570. The predicted octanol–water partition coefficient (Wildman–Crippen LogP) is -1.90. The van der Waals surface area contributed by atoms with Crippen LogP contribution >= 0.6 is 0 Å². The monoisotopic (exact) mass is 770 g/mol. The average molecular weight is 771 g/mol. The first-order valence-corrected chi connectivity index (χ1v) is 17.0. The van der Waals surface area contributed by atoms with Gasteiger partial charge in [0.05, 0.1) is 32.5 Å². The Hall–Kier alpha value is -3.67. The number of hydrogen-bond donors (Lipinski definition) is 10. The summed E-state index contributed by atoms with van der Waals surface area (Å²) in [4.78, 5) is 13.3. The lowest BCUT2D eigenvalue weighted by Gasteiger charge is -2.46. The second kappa shape index (κ2) is 17.9. The minimum atomic E-state index is -1.84. The first kappa shape index (κ1) is 41.5. The highest BCUT2D eigenvalue weighted by molar-refractivity contribution is 5.87. The molecule has 54 heavy (non-hydrogen) atoms. The van der Waals surface area contributed by atoms with E-state index in [2.05, 4.69) is 0 Å².